The smallest absolute Gasteiger partial charge is 0.325 e. The van der Waals surface area contributed by atoms with Gasteiger partial charge in [-0.25, -0.2) is 4.39 Å². The molecule has 18 heavy (non-hydrogen) atoms. The molecule has 0 aromatic heterocycles. The van der Waals surface area contributed by atoms with Crippen LogP contribution >= 0.6 is 0 Å². The Morgan fingerprint density at radius 1 is 1.44 bits per heavy atom. The van der Waals surface area contributed by atoms with Crippen LogP contribution in [0.1, 0.15) is 24.5 Å². The fourth-order valence-corrected chi connectivity index (χ4v) is 1.50. The Morgan fingerprint density at radius 3 is 2.67 bits per heavy atom. The van der Waals surface area contributed by atoms with E-state index in [1.165, 1.54) is 13.0 Å². The highest BCUT2D eigenvalue weighted by Crippen LogP contribution is 2.10. The maximum absolute atomic E-state index is 13.0. The highest BCUT2D eigenvalue weighted by molar-refractivity contribution is 5.83. The predicted molar refractivity (Wildman–Crippen MR) is 64.7 cm³/mol. The number of nitrogens with one attached hydrogen (secondary N) is 1. The molecule has 4 nitrogen and oxygen atoms in total. The summed E-state index contributed by atoms with van der Waals surface area (Å²) in [5.41, 5.74) is 1.39. The molecule has 5 heteroatoms. The number of halogens is 1. The lowest BCUT2D eigenvalue weighted by Crippen LogP contribution is -2.38. The lowest BCUT2D eigenvalue weighted by molar-refractivity contribution is -0.141. The van der Waals surface area contributed by atoms with Gasteiger partial charge >= 0.3 is 5.97 Å². The van der Waals surface area contributed by atoms with Crippen LogP contribution in [0.5, 0.6) is 0 Å². The van der Waals surface area contributed by atoms with Crippen molar-refractivity contribution in [1.82, 2.24) is 5.32 Å². The monoisotopic (exact) mass is 253 g/mol. The molecule has 2 N–H and O–H groups in total. The van der Waals surface area contributed by atoms with E-state index in [0.717, 1.165) is 5.56 Å². The van der Waals surface area contributed by atoms with Crippen molar-refractivity contribution in [3.05, 3.63) is 35.1 Å². The predicted octanol–water partition coefficient (Wildman–Crippen LogP) is 1.66. The van der Waals surface area contributed by atoms with Gasteiger partial charge in [-0.05, 0) is 37.5 Å². The van der Waals surface area contributed by atoms with Gasteiger partial charge in [-0.1, -0.05) is 12.1 Å². The van der Waals surface area contributed by atoms with E-state index in [9.17, 15) is 14.0 Å². The summed E-state index contributed by atoms with van der Waals surface area (Å²) >= 11 is 0. The van der Waals surface area contributed by atoms with Gasteiger partial charge in [0, 0.05) is 6.42 Å². The molecule has 0 radical (unpaired) electrons. The fraction of sp³-hybridized carbons (Fsp3) is 0.385. The van der Waals surface area contributed by atoms with Crippen molar-refractivity contribution in [2.24, 2.45) is 0 Å². The summed E-state index contributed by atoms with van der Waals surface area (Å²) in [7, 11) is 0. The van der Waals surface area contributed by atoms with Crippen molar-refractivity contribution in [1.29, 1.82) is 0 Å². The SMILES string of the molecule is Cc1cc(CCC(=O)N[C@@H](C)C(=O)O)ccc1F. The summed E-state index contributed by atoms with van der Waals surface area (Å²) in [6.07, 6.45) is 0.641. The molecule has 1 aromatic rings. The minimum atomic E-state index is -1.07. The maximum atomic E-state index is 13.0. The van der Waals surface area contributed by atoms with Crippen LogP contribution in [0.4, 0.5) is 4.39 Å². The van der Waals surface area contributed by atoms with E-state index in [0.29, 0.717) is 12.0 Å². The normalized spacial score (nSPS) is 11.9. The number of rotatable bonds is 5. The van der Waals surface area contributed by atoms with Crippen molar-refractivity contribution >= 4 is 11.9 Å². The Bertz CT molecular complexity index is 460. The van der Waals surface area contributed by atoms with Crippen LogP contribution < -0.4 is 5.32 Å². The summed E-state index contributed by atoms with van der Waals surface area (Å²) in [5.74, 6) is -1.67. The van der Waals surface area contributed by atoms with Crippen LogP contribution in [0.3, 0.4) is 0 Å². The topological polar surface area (TPSA) is 66.4 Å². The molecule has 0 fully saturated rings. The number of hydrogen-bond donors (Lipinski definition) is 2. The highest BCUT2D eigenvalue weighted by atomic mass is 19.1. The molecule has 0 aliphatic heterocycles. The molecule has 0 saturated carbocycles. The maximum Gasteiger partial charge on any atom is 0.325 e. The van der Waals surface area contributed by atoms with E-state index in [4.69, 9.17) is 5.11 Å². The molecule has 1 aromatic carbocycles. The first-order valence-corrected chi connectivity index (χ1v) is 5.67. The minimum absolute atomic E-state index is 0.183. The number of aryl methyl sites for hydroxylation is 2. The van der Waals surface area contributed by atoms with E-state index < -0.39 is 12.0 Å². The van der Waals surface area contributed by atoms with E-state index in [1.54, 1.807) is 19.1 Å². The van der Waals surface area contributed by atoms with E-state index >= 15 is 0 Å². The average Bonchev–Trinajstić information content (AvgIpc) is 2.30. The molecule has 98 valence electrons. The zero-order chi connectivity index (χ0) is 13.7. The molecule has 0 heterocycles. The molecule has 1 rings (SSSR count). The second kappa shape index (κ2) is 6.14. The number of amides is 1. The molecule has 0 aliphatic rings. The van der Waals surface area contributed by atoms with Gasteiger partial charge in [-0.2, -0.15) is 0 Å². The number of carbonyl (C=O) groups excluding carboxylic acids is 1. The van der Waals surface area contributed by atoms with Crippen LogP contribution in [0.25, 0.3) is 0 Å². The Hall–Kier alpha value is -1.91. The van der Waals surface area contributed by atoms with Crippen molar-refractivity contribution in [3.63, 3.8) is 0 Å². The molecule has 1 amide bonds. The van der Waals surface area contributed by atoms with Crippen LogP contribution in [0.2, 0.25) is 0 Å². The van der Waals surface area contributed by atoms with Gasteiger partial charge in [0.15, 0.2) is 0 Å². The van der Waals surface area contributed by atoms with Crippen molar-refractivity contribution < 1.29 is 19.1 Å². The van der Waals surface area contributed by atoms with Gasteiger partial charge in [-0.3, -0.25) is 9.59 Å². The number of benzene rings is 1. The van der Waals surface area contributed by atoms with E-state index in [-0.39, 0.29) is 18.1 Å². The Balaban J connectivity index is 2.47. The third-order valence-electron chi connectivity index (χ3n) is 2.61. The van der Waals surface area contributed by atoms with Gasteiger partial charge < -0.3 is 10.4 Å². The molecule has 0 bridgehead atoms. The van der Waals surface area contributed by atoms with Gasteiger partial charge in [0.25, 0.3) is 0 Å². The Kier molecular flexibility index (Phi) is 4.83. The number of carboxylic acid groups (broad SMARTS) is 1. The summed E-state index contributed by atoms with van der Waals surface area (Å²) in [6.45, 7) is 3.06. The number of aliphatic carboxylic acids is 1. The zero-order valence-electron chi connectivity index (χ0n) is 10.4. The summed E-state index contributed by atoms with van der Waals surface area (Å²) in [6, 6.07) is 3.77. The summed E-state index contributed by atoms with van der Waals surface area (Å²) in [5, 5.41) is 11.0. The molecule has 0 unspecified atom stereocenters. The number of carbonyl (C=O) groups is 2. The lowest BCUT2D eigenvalue weighted by atomic mass is 10.1. The summed E-state index contributed by atoms with van der Waals surface area (Å²) < 4.78 is 13.0. The fourth-order valence-electron chi connectivity index (χ4n) is 1.50. The largest absolute Gasteiger partial charge is 0.480 e. The standard InChI is InChI=1S/C13H16FNO3/c1-8-7-10(3-5-11(8)14)4-6-12(16)15-9(2)13(17)18/h3,5,7,9H,4,6H2,1-2H3,(H,15,16)(H,17,18)/t9-/m0/s1. The van der Waals surface area contributed by atoms with E-state index in [1.807, 2.05) is 0 Å². The molecule has 0 spiro atoms. The van der Waals surface area contributed by atoms with Gasteiger partial charge in [0.1, 0.15) is 11.9 Å². The minimum Gasteiger partial charge on any atom is -0.480 e. The Labute approximate surface area is 105 Å². The molecule has 1 atom stereocenters. The van der Waals surface area contributed by atoms with Crippen molar-refractivity contribution in [3.8, 4) is 0 Å². The average molecular weight is 253 g/mol. The highest BCUT2D eigenvalue weighted by Gasteiger charge is 2.13. The molecule has 0 saturated heterocycles. The van der Waals surface area contributed by atoms with Crippen LogP contribution in [0.15, 0.2) is 18.2 Å². The van der Waals surface area contributed by atoms with Gasteiger partial charge in [0.05, 0.1) is 0 Å². The first-order valence-electron chi connectivity index (χ1n) is 5.67. The molecule has 0 aliphatic carbocycles. The third-order valence-corrected chi connectivity index (χ3v) is 2.61. The van der Waals surface area contributed by atoms with Crippen LogP contribution in [0, 0.1) is 12.7 Å². The van der Waals surface area contributed by atoms with Gasteiger partial charge in [0.2, 0.25) is 5.91 Å². The van der Waals surface area contributed by atoms with E-state index in [2.05, 4.69) is 5.32 Å². The number of carboxylic acids is 1. The molecular formula is C13H16FNO3. The summed E-state index contributed by atoms with van der Waals surface area (Å²) in [4.78, 5) is 22.0. The quantitative estimate of drug-likeness (QED) is 0.838. The molecular weight excluding hydrogens is 237 g/mol. The first kappa shape index (κ1) is 14.2. The van der Waals surface area contributed by atoms with Crippen LogP contribution in [-0.4, -0.2) is 23.0 Å². The van der Waals surface area contributed by atoms with Crippen LogP contribution in [-0.2, 0) is 16.0 Å². The third kappa shape index (κ3) is 4.16. The first-order chi connectivity index (χ1) is 8.40. The number of hydrogen-bond acceptors (Lipinski definition) is 2. The second-order valence-corrected chi connectivity index (χ2v) is 4.21. The lowest BCUT2D eigenvalue weighted by Gasteiger charge is -2.09. The van der Waals surface area contributed by atoms with Crippen molar-refractivity contribution in [2.75, 3.05) is 0 Å². The zero-order valence-corrected chi connectivity index (χ0v) is 10.4. The Morgan fingerprint density at radius 2 is 2.11 bits per heavy atom. The van der Waals surface area contributed by atoms with Crippen molar-refractivity contribution in [2.45, 2.75) is 32.7 Å². The van der Waals surface area contributed by atoms with Gasteiger partial charge in [-0.15, -0.1) is 0 Å². The second-order valence-electron chi connectivity index (χ2n) is 4.21.